The van der Waals surface area contributed by atoms with Crippen molar-refractivity contribution in [2.24, 2.45) is 0 Å². The van der Waals surface area contributed by atoms with Crippen LogP contribution in [-0.2, 0) is 4.79 Å². The number of hydrogen-bond acceptors (Lipinski definition) is 5. The van der Waals surface area contributed by atoms with Crippen LogP contribution in [0.3, 0.4) is 0 Å². The van der Waals surface area contributed by atoms with Crippen LogP contribution in [0, 0.1) is 0 Å². The summed E-state index contributed by atoms with van der Waals surface area (Å²) in [6, 6.07) is 8.95. The number of ether oxygens (including phenoxy) is 2. The van der Waals surface area contributed by atoms with E-state index in [9.17, 15) is 9.59 Å². The molecule has 0 saturated heterocycles. The first-order valence-corrected chi connectivity index (χ1v) is 8.38. The number of hydrogen-bond donors (Lipinski definition) is 0. The molecule has 0 aliphatic rings. The number of allylic oxidation sites excluding steroid dienone is 2. The van der Waals surface area contributed by atoms with Gasteiger partial charge in [0.2, 0.25) is 0 Å². The summed E-state index contributed by atoms with van der Waals surface area (Å²) in [5.41, 5.74) is 2.00. The van der Waals surface area contributed by atoms with Gasteiger partial charge in [-0.15, -0.1) is 0 Å². The average Bonchev–Trinajstić information content (AvgIpc) is 2.61. The third kappa shape index (κ3) is 3.20. The summed E-state index contributed by atoms with van der Waals surface area (Å²) in [6.45, 7) is 5.38. The Kier molecular flexibility index (Phi) is 4.80. The molecule has 134 valence electrons. The fourth-order valence-electron chi connectivity index (χ4n) is 3.00. The van der Waals surface area contributed by atoms with Gasteiger partial charge in [-0.25, -0.2) is 4.79 Å². The van der Waals surface area contributed by atoms with Crippen molar-refractivity contribution in [2.45, 2.75) is 27.2 Å². The predicted octanol–water partition coefficient (Wildman–Crippen LogP) is 4.69. The first kappa shape index (κ1) is 17.7. The maximum atomic E-state index is 12.5. The van der Waals surface area contributed by atoms with Gasteiger partial charge < -0.3 is 13.9 Å². The molecule has 3 rings (SSSR count). The monoisotopic (exact) mass is 352 g/mol. The quantitative estimate of drug-likeness (QED) is 0.295. The lowest BCUT2D eigenvalue weighted by atomic mass is 10.0. The maximum absolute atomic E-state index is 12.5. The molecular formula is C21H20O5. The normalized spacial score (nSPS) is 11.8. The molecule has 0 atom stereocenters. The summed E-state index contributed by atoms with van der Waals surface area (Å²) in [5.74, 6) is 0.135. The van der Waals surface area contributed by atoms with Crippen LogP contribution in [0.2, 0.25) is 0 Å². The van der Waals surface area contributed by atoms with Gasteiger partial charge >= 0.3 is 11.6 Å². The van der Waals surface area contributed by atoms with Crippen LogP contribution in [0.25, 0.3) is 27.3 Å². The fourth-order valence-corrected chi connectivity index (χ4v) is 3.00. The molecule has 0 bridgehead atoms. The Labute approximate surface area is 150 Å². The van der Waals surface area contributed by atoms with Crippen molar-refractivity contribution in [3.8, 4) is 11.5 Å². The third-order valence-corrected chi connectivity index (χ3v) is 4.22. The zero-order chi connectivity index (χ0) is 18.8. The van der Waals surface area contributed by atoms with Crippen LogP contribution < -0.4 is 15.1 Å². The number of rotatable bonds is 4. The lowest BCUT2D eigenvalue weighted by molar-refractivity contribution is -0.132. The number of fused-ring (bicyclic) bond motifs is 3. The maximum Gasteiger partial charge on any atom is 0.344 e. The Bertz CT molecular complexity index is 1090. The predicted molar refractivity (Wildman–Crippen MR) is 102 cm³/mol. The summed E-state index contributed by atoms with van der Waals surface area (Å²) in [6.07, 6.45) is 3.03. The van der Waals surface area contributed by atoms with E-state index in [4.69, 9.17) is 13.9 Å². The third-order valence-electron chi connectivity index (χ3n) is 4.22. The van der Waals surface area contributed by atoms with Gasteiger partial charge in [-0.05, 0) is 36.6 Å². The summed E-state index contributed by atoms with van der Waals surface area (Å²) in [5, 5.41) is 1.98. The Hall–Kier alpha value is -3.08. The summed E-state index contributed by atoms with van der Waals surface area (Å²) < 4.78 is 15.9. The highest BCUT2D eigenvalue weighted by atomic mass is 16.6. The molecule has 0 radical (unpaired) electrons. The van der Waals surface area contributed by atoms with Crippen molar-refractivity contribution >= 4 is 33.3 Å². The molecule has 0 amide bonds. The molecule has 0 fully saturated rings. The number of carbonyl (C=O) groups is 1. The van der Waals surface area contributed by atoms with E-state index in [-0.39, 0.29) is 5.75 Å². The van der Waals surface area contributed by atoms with E-state index in [1.165, 1.54) is 20.1 Å². The van der Waals surface area contributed by atoms with E-state index in [1.54, 1.807) is 6.07 Å². The molecule has 5 heteroatoms. The molecule has 0 unspecified atom stereocenters. The Balaban J connectivity index is 2.30. The van der Waals surface area contributed by atoms with E-state index < -0.39 is 11.6 Å². The van der Waals surface area contributed by atoms with E-state index in [0.717, 1.165) is 28.3 Å². The van der Waals surface area contributed by atoms with E-state index in [2.05, 4.69) is 13.0 Å². The van der Waals surface area contributed by atoms with Crippen molar-refractivity contribution in [1.82, 2.24) is 0 Å². The van der Waals surface area contributed by atoms with Gasteiger partial charge in [0.1, 0.15) is 5.58 Å². The van der Waals surface area contributed by atoms with E-state index in [0.29, 0.717) is 16.7 Å². The first-order chi connectivity index (χ1) is 12.4. The fraction of sp³-hybridized carbons (Fsp3) is 0.238. The minimum absolute atomic E-state index is 0.216. The number of benzene rings is 2. The van der Waals surface area contributed by atoms with Crippen molar-refractivity contribution < 1.29 is 18.7 Å². The molecule has 0 aliphatic heterocycles. The van der Waals surface area contributed by atoms with Gasteiger partial charge in [-0.3, -0.25) is 4.79 Å². The van der Waals surface area contributed by atoms with Crippen LogP contribution in [0.15, 0.2) is 45.6 Å². The lowest BCUT2D eigenvalue weighted by Gasteiger charge is -2.11. The lowest BCUT2D eigenvalue weighted by Crippen LogP contribution is -2.04. The van der Waals surface area contributed by atoms with Gasteiger partial charge in [0.05, 0.1) is 12.5 Å². The highest BCUT2D eigenvalue weighted by molar-refractivity contribution is 6.06. The molecule has 0 aliphatic carbocycles. The van der Waals surface area contributed by atoms with Gasteiger partial charge in [0, 0.05) is 23.8 Å². The second-order valence-electron chi connectivity index (χ2n) is 6.04. The zero-order valence-electron chi connectivity index (χ0n) is 15.2. The van der Waals surface area contributed by atoms with Crippen LogP contribution >= 0.6 is 0 Å². The topological polar surface area (TPSA) is 65.7 Å². The summed E-state index contributed by atoms with van der Waals surface area (Å²) in [7, 11) is 1.49. The Morgan fingerprint density at radius 2 is 1.85 bits per heavy atom. The molecular weight excluding hydrogens is 332 g/mol. The summed E-state index contributed by atoms with van der Waals surface area (Å²) >= 11 is 0. The van der Waals surface area contributed by atoms with Gasteiger partial charge in [-0.2, -0.15) is 0 Å². The van der Waals surface area contributed by atoms with Crippen molar-refractivity contribution in [3.63, 3.8) is 0 Å². The van der Waals surface area contributed by atoms with Crippen LogP contribution in [-0.4, -0.2) is 13.1 Å². The van der Waals surface area contributed by atoms with Crippen molar-refractivity contribution in [3.05, 3.63) is 52.4 Å². The van der Waals surface area contributed by atoms with Crippen molar-refractivity contribution in [1.29, 1.82) is 0 Å². The summed E-state index contributed by atoms with van der Waals surface area (Å²) in [4.78, 5) is 23.8. The van der Waals surface area contributed by atoms with E-state index in [1.807, 2.05) is 25.1 Å². The average molecular weight is 352 g/mol. The molecule has 26 heavy (non-hydrogen) atoms. The largest absolute Gasteiger partial charge is 0.493 e. The number of esters is 1. The molecule has 3 aromatic rings. The van der Waals surface area contributed by atoms with Crippen LogP contribution in [0.5, 0.6) is 11.5 Å². The number of carbonyl (C=O) groups excluding carboxylic acids is 1. The molecule has 2 aromatic carbocycles. The smallest absolute Gasteiger partial charge is 0.344 e. The highest BCUT2D eigenvalue weighted by Crippen LogP contribution is 2.35. The first-order valence-electron chi connectivity index (χ1n) is 8.38. The second kappa shape index (κ2) is 7.04. The molecule has 0 N–H and O–H groups in total. The Morgan fingerprint density at radius 1 is 1.08 bits per heavy atom. The molecule has 0 spiro atoms. The van der Waals surface area contributed by atoms with Gasteiger partial charge in [0.15, 0.2) is 11.5 Å². The Morgan fingerprint density at radius 3 is 2.50 bits per heavy atom. The SMILES string of the molecule is CCC=C(C)c1ccc2c(c1)c(=O)oc1cc(OC(C)=O)c(OC)cc12. The standard InChI is InChI=1S/C21H20O5/c1-5-6-12(2)14-7-8-15-16-10-19(24-4)20(25-13(3)22)11-18(16)26-21(23)17(15)9-14/h6-11H,5H2,1-4H3. The molecule has 0 saturated carbocycles. The van der Waals surface area contributed by atoms with Crippen LogP contribution in [0.1, 0.15) is 32.8 Å². The van der Waals surface area contributed by atoms with Crippen LogP contribution in [0.4, 0.5) is 0 Å². The molecule has 5 nitrogen and oxygen atoms in total. The number of methoxy groups -OCH3 is 1. The zero-order valence-corrected chi connectivity index (χ0v) is 15.2. The van der Waals surface area contributed by atoms with Gasteiger partial charge in [-0.1, -0.05) is 25.1 Å². The molecule has 1 aromatic heterocycles. The highest BCUT2D eigenvalue weighted by Gasteiger charge is 2.15. The van der Waals surface area contributed by atoms with E-state index >= 15 is 0 Å². The van der Waals surface area contributed by atoms with Gasteiger partial charge in [0.25, 0.3) is 0 Å². The minimum atomic E-state index is -0.478. The van der Waals surface area contributed by atoms with Crippen molar-refractivity contribution in [2.75, 3.05) is 7.11 Å². The molecule has 1 heterocycles. The second-order valence-corrected chi connectivity index (χ2v) is 6.04. The minimum Gasteiger partial charge on any atom is -0.493 e.